The first-order valence-corrected chi connectivity index (χ1v) is 26.1. The Kier molecular flexibility index (Phi) is 26.5. The standard InChI is InChI=1S/C49H75N11O12S2/c1-27(2)40(48(71)57-36(25-73)45(68)55-34(43(66)52-24-39(63)64)18-9-11-22-51-33-19-12-15-31-14-6-7-16-32(31)33)58-42(65)28(3)53-47(70)38-20-13-23-60(38)49(72)41(29(4)61)59-46(69)37(26-74)56-44(67)35(54-30(5)62)17-8-10-21-50/h6-7,12,14-16,19,27-29,34-38,40-41,51,61,73-74H,8-11,13,17-18,20-26,50H2,1-5H3,(H,52,66)(H,53,70)(H,54,62)(H,55,68)(H,56,67)(H,57,71)(H,58,65)(H,59,69)(H,63,64)/t28-,29-,34+,35+,36+,37+,38+,40+,41+/m1/s1. The fraction of sp³-hybridized carbons (Fsp3) is 0.592. The summed E-state index contributed by atoms with van der Waals surface area (Å²) in [6.07, 6.45) is 1.62. The van der Waals surface area contributed by atoms with Crippen LogP contribution in [0.5, 0.6) is 0 Å². The lowest BCUT2D eigenvalue weighted by Crippen LogP contribution is -2.62. The first kappa shape index (κ1) is 62.1. The number of benzene rings is 2. The number of unbranched alkanes of at least 4 members (excludes halogenated alkanes) is 2. The zero-order valence-electron chi connectivity index (χ0n) is 42.6. The molecule has 0 aromatic heterocycles. The fourth-order valence-corrected chi connectivity index (χ4v) is 8.66. The number of amides is 9. The summed E-state index contributed by atoms with van der Waals surface area (Å²) >= 11 is 8.45. The summed E-state index contributed by atoms with van der Waals surface area (Å²) < 4.78 is 0. The Morgan fingerprint density at radius 3 is 1.85 bits per heavy atom. The second-order valence-electron chi connectivity index (χ2n) is 18.5. The van der Waals surface area contributed by atoms with E-state index in [2.05, 4.69) is 73.1 Å². The largest absolute Gasteiger partial charge is 0.480 e. The quantitative estimate of drug-likeness (QED) is 0.0321. The molecule has 1 aliphatic rings. The van der Waals surface area contributed by atoms with E-state index in [4.69, 9.17) is 10.8 Å². The van der Waals surface area contributed by atoms with Gasteiger partial charge in [0.25, 0.3) is 0 Å². The van der Waals surface area contributed by atoms with Crippen molar-refractivity contribution in [1.29, 1.82) is 0 Å². The number of aliphatic hydroxyl groups is 1. The Labute approximate surface area is 442 Å². The third-order valence-corrected chi connectivity index (χ3v) is 13.0. The smallest absolute Gasteiger partial charge is 0.322 e. The second kappa shape index (κ2) is 31.5. The van der Waals surface area contributed by atoms with Gasteiger partial charge in [-0.25, -0.2) is 0 Å². The van der Waals surface area contributed by atoms with E-state index >= 15 is 0 Å². The summed E-state index contributed by atoms with van der Waals surface area (Å²) in [6, 6.07) is 3.90. The number of thiol groups is 2. The number of carboxylic acids is 1. The van der Waals surface area contributed by atoms with Gasteiger partial charge in [-0.3, -0.25) is 47.9 Å². The molecule has 1 heterocycles. The van der Waals surface area contributed by atoms with Crippen LogP contribution < -0.4 is 53.6 Å². The molecule has 1 aliphatic heterocycles. The molecular weight excluding hydrogens is 999 g/mol. The summed E-state index contributed by atoms with van der Waals surface area (Å²) in [5.74, 6) is -8.86. The number of carbonyl (C=O) groups is 10. The average molecular weight is 1070 g/mol. The van der Waals surface area contributed by atoms with Gasteiger partial charge in [0.15, 0.2) is 0 Å². The number of hydrogen-bond acceptors (Lipinski definition) is 15. The summed E-state index contributed by atoms with van der Waals surface area (Å²) in [4.78, 5) is 132. The van der Waals surface area contributed by atoms with Crippen LogP contribution in [0.3, 0.4) is 0 Å². The maximum atomic E-state index is 13.9. The normalized spacial score (nSPS) is 16.5. The highest BCUT2D eigenvalue weighted by atomic mass is 32.1. The summed E-state index contributed by atoms with van der Waals surface area (Å²) in [7, 11) is 0. The fourth-order valence-electron chi connectivity index (χ4n) is 8.14. The molecule has 3 rings (SSSR count). The van der Waals surface area contributed by atoms with Gasteiger partial charge in [-0.05, 0) is 89.1 Å². The molecule has 0 aliphatic carbocycles. The van der Waals surface area contributed by atoms with Gasteiger partial charge in [0.2, 0.25) is 53.2 Å². The van der Waals surface area contributed by atoms with Crippen LogP contribution in [0, 0.1) is 5.92 Å². The topological polar surface area (TPSA) is 349 Å². The van der Waals surface area contributed by atoms with Gasteiger partial charge in [0.05, 0.1) is 6.10 Å². The molecule has 0 saturated carbocycles. The molecule has 9 amide bonds. The first-order valence-electron chi connectivity index (χ1n) is 24.8. The van der Waals surface area contributed by atoms with Crippen molar-refractivity contribution in [1.82, 2.24) is 47.4 Å². The number of nitrogens with one attached hydrogen (secondary N) is 9. The number of aliphatic hydroxyl groups excluding tert-OH is 1. The van der Waals surface area contributed by atoms with Crippen LogP contribution in [0.4, 0.5) is 5.69 Å². The maximum Gasteiger partial charge on any atom is 0.322 e. The third kappa shape index (κ3) is 19.6. The van der Waals surface area contributed by atoms with Crippen LogP contribution >= 0.6 is 25.3 Å². The van der Waals surface area contributed by atoms with E-state index in [-0.39, 0.29) is 37.3 Å². The zero-order valence-corrected chi connectivity index (χ0v) is 44.4. The third-order valence-electron chi connectivity index (χ3n) is 12.2. The minimum Gasteiger partial charge on any atom is -0.480 e. The van der Waals surface area contributed by atoms with E-state index < -0.39 is 126 Å². The Morgan fingerprint density at radius 1 is 0.676 bits per heavy atom. The predicted octanol–water partition coefficient (Wildman–Crippen LogP) is -0.927. The van der Waals surface area contributed by atoms with E-state index in [1.54, 1.807) is 13.8 Å². The highest BCUT2D eigenvalue weighted by Gasteiger charge is 2.41. The number of likely N-dealkylation sites (tertiary alicyclic amines) is 1. The van der Waals surface area contributed by atoms with Crippen molar-refractivity contribution in [3.05, 3.63) is 42.5 Å². The molecule has 0 spiro atoms. The Morgan fingerprint density at radius 2 is 1.24 bits per heavy atom. The molecule has 13 N–H and O–H groups in total. The van der Waals surface area contributed by atoms with E-state index in [9.17, 15) is 53.1 Å². The molecular formula is C49H75N11O12S2. The van der Waals surface area contributed by atoms with Crippen LogP contribution in [-0.4, -0.2) is 166 Å². The molecule has 23 nitrogen and oxygen atoms in total. The summed E-state index contributed by atoms with van der Waals surface area (Å²) in [5, 5.41) is 45.5. The van der Waals surface area contributed by atoms with Crippen molar-refractivity contribution < 1.29 is 58.2 Å². The molecule has 74 heavy (non-hydrogen) atoms. The number of anilines is 1. The van der Waals surface area contributed by atoms with E-state index in [1.807, 2.05) is 42.5 Å². The van der Waals surface area contributed by atoms with E-state index in [0.717, 1.165) is 16.5 Å². The van der Waals surface area contributed by atoms with Crippen LogP contribution in [0.25, 0.3) is 10.8 Å². The van der Waals surface area contributed by atoms with Crippen LogP contribution in [-0.2, 0) is 47.9 Å². The number of fused-ring (bicyclic) bond motifs is 1. The van der Waals surface area contributed by atoms with Crippen LogP contribution in [0.15, 0.2) is 42.5 Å². The Hall–Kier alpha value is -6.18. The molecule has 0 unspecified atom stereocenters. The molecule has 1 saturated heterocycles. The molecule has 25 heteroatoms. The zero-order chi connectivity index (χ0) is 55.1. The number of nitrogens with two attached hydrogens (primary N) is 1. The van der Waals surface area contributed by atoms with E-state index in [1.165, 1.54) is 25.7 Å². The summed E-state index contributed by atoms with van der Waals surface area (Å²) in [5.41, 5.74) is 6.49. The molecule has 2 aromatic carbocycles. The highest BCUT2D eigenvalue weighted by molar-refractivity contribution is 7.80. The molecule has 0 radical (unpaired) electrons. The average Bonchev–Trinajstić information content (AvgIpc) is 3.86. The lowest BCUT2D eigenvalue weighted by atomic mass is 10.0. The highest BCUT2D eigenvalue weighted by Crippen LogP contribution is 2.23. The van der Waals surface area contributed by atoms with Gasteiger partial charge in [-0.2, -0.15) is 25.3 Å². The molecule has 9 atom stereocenters. The monoisotopic (exact) mass is 1070 g/mol. The lowest BCUT2D eigenvalue weighted by Gasteiger charge is -2.31. The number of rotatable bonds is 31. The Bertz CT molecular complexity index is 2270. The second-order valence-corrected chi connectivity index (χ2v) is 19.3. The Balaban J connectivity index is 1.61. The van der Waals surface area contributed by atoms with Gasteiger partial charge in [0, 0.05) is 42.6 Å². The number of carbonyl (C=O) groups excluding carboxylic acids is 9. The lowest BCUT2D eigenvalue weighted by molar-refractivity contribution is -0.144. The van der Waals surface area contributed by atoms with Gasteiger partial charge < -0.3 is 68.7 Å². The van der Waals surface area contributed by atoms with Crippen molar-refractivity contribution in [3.8, 4) is 0 Å². The number of hydrogen-bond donors (Lipinski definition) is 14. The minimum atomic E-state index is -1.56. The van der Waals surface area contributed by atoms with Crippen molar-refractivity contribution in [2.24, 2.45) is 11.7 Å². The number of carboxylic acid groups (broad SMARTS) is 1. The first-order chi connectivity index (χ1) is 35.1. The van der Waals surface area contributed by atoms with Crippen molar-refractivity contribution in [2.75, 3.05) is 43.0 Å². The molecule has 1 fully saturated rings. The minimum absolute atomic E-state index is 0.0673. The predicted molar refractivity (Wildman–Crippen MR) is 284 cm³/mol. The maximum absolute atomic E-state index is 13.9. The van der Waals surface area contributed by atoms with Gasteiger partial charge in [-0.1, -0.05) is 50.2 Å². The van der Waals surface area contributed by atoms with Crippen LogP contribution in [0.2, 0.25) is 0 Å². The van der Waals surface area contributed by atoms with Crippen LogP contribution in [0.1, 0.15) is 86.0 Å². The van der Waals surface area contributed by atoms with Gasteiger partial charge in [0.1, 0.15) is 54.9 Å². The SMILES string of the molecule is CC(=O)N[C@@H](CCCCN)C(=O)N[C@@H](CS)C(=O)N[C@H](C(=O)N1CCC[C@H]1C(=O)N[C@H](C)C(=O)N[C@H](C(=O)N[C@@H](CS)C(=O)N[C@@H](CCCCNc1cccc2ccccc12)C(=O)NCC(=O)O)C(C)C)[C@@H](C)O. The summed E-state index contributed by atoms with van der Waals surface area (Å²) in [6.45, 7) is 7.46. The van der Waals surface area contributed by atoms with Gasteiger partial charge in [-0.15, -0.1) is 0 Å². The van der Waals surface area contributed by atoms with Crippen molar-refractivity contribution in [2.45, 2.75) is 140 Å². The molecule has 410 valence electrons. The molecule has 0 bridgehead atoms. The van der Waals surface area contributed by atoms with Crippen molar-refractivity contribution >= 4 is 101 Å². The molecule has 2 aromatic rings. The van der Waals surface area contributed by atoms with Crippen molar-refractivity contribution in [3.63, 3.8) is 0 Å². The number of aliphatic carboxylic acids is 1. The van der Waals surface area contributed by atoms with Gasteiger partial charge >= 0.3 is 5.97 Å². The number of nitrogens with zero attached hydrogens (tertiary/aromatic N) is 1. The van der Waals surface area contributed by atoms with E-state index in [0.29, 0.717) is 45.2 Å².